The zero-order chi connectivity index (χ0) is 18.1. The van der Waals surface area contributed by atoms with Gasteiger partial charge in [0.2, 0.25) is 0 Å². The fourth-order valence-corrected chi connectivity index (χ4v) is 3.24. The lowest BCUT2D eigenvalue weighted by Gasteiger charge is -2.30. The number of hydrogen-bond donors (Lipinski definition) is 2. The lowest BCUT2D eigenvalue weighted by atomic mass is 10.0. The van der Waals surface area contributed by atoms with Crippen molar-refractivity contribution in [1.82, 2.24) is 15.5 Å². The van der Waals surface area contributed by atoms with E-state index < -0.39 is 11.6 Å². The summed E-state index contributed by atoms with van der Waals surface area (Å²) >= 11 is 0. The van der Waals surface area contributed by atoms with E-state index in [0.29, 0.717) is 11.5 Å². The smallest absolute Gasteiger partial charge is 0.191 e. The van der Waals surface area contributed by atoms with Gasteiger partial charge in [0.05, 0.1) is 0 Å². The number of unbranched alkanes of at least 4 members (excludes halogenated alkanes) is 1. The van der Waals surface area contributed by atoms with Crippen LogP contribution in [0.1, 0.15) is 38.2 Å². The Bertz CT molecular complexity index is 568. The molecule has 1 aromatic carbocycles. The van der Waals surface area contributed by atoms with Crippen molar-refractivity contribution in [2.75, 3.05) is 33.2 Å². The molecule has 1 unspecified atom stereocenters. The Morgan fingerprint density at radius 1 is 1.27 bits per heavy atom. The van der Waals surface area contributed by atoms with Crippen molar-refractivity contribution in [1.29, 1.82) is 0 Å². The zero-order valence-electron chi connectivity index (χ0n) is 15.7. The summed E-state index contributed by atoms with van der Waals surface area (Å²) in [5.74, 6) is 0.571. The van der Waals surface area contributed by atoms with Crippen LogP contribution < -0.4 is 10.6 Å². The summed E-state index contributed by atoms with van der Waals surface area (Å²) < 4.78 is 26.8. The van der Waals surface area contributed by atoms with Crippen molar-refractivity contribution < 1.29 is 8.78 Å². The van der Waals surface area contributed by atoms with E-state index in [9.17, 15) is 8.78 Å². The minimum atomic E-state index is -0.437. The predicted molar refractivity (Wildman–Crippen MR) is 114 cm³/mol. The molecule has 1 fully saturated rings. The third kappa shape index (κ3) is 8.16. The van der Waals surface area contributed by atoms with Crippen LogP contribution in [-0.2, 0) is 6.54 Å². The minimum Gasteiger partial charge on any atom is -0.356 e. The molecule has 2 N–H and O–H groups in total. The molecule has 0 aliphatic carbocycles. The van der Waals surface area contributed by atoms with Crippen molar-refractivity contribution in [2.24, 2.45) is 10.9 Å². The second-order valence-corrected chi connectivity index (χ2v) is 6.84. The molecular weight excluding hydrogens is 449 g/mol. The van der Waals surface area contributed by atoms with Gasteiger partial charge in [-0.1, -0.05) is 6.92 Å². The Balaban J connectivity index is 0.00000338. The molecule has 1 aliphatic rings. The van der Waals surface area contributed by atoms with Gasteiger partial charge in [0.1, 0.15) is 11.6 Å². The standard InChI is InChI=1S/C19H30F2N4.HI/c1-15-6-5-11-25(14-15)10-4-3-9-23-19(22-2)24-13-16-12-17(20)7-8-18(16)21;/h7-8,12,15H,3-6,9-11,13-14H2,1-2H3,(H2,22,23,24);1H. The lowest BCUT2D eigenvalue weighted by Crippen LogP contribution is -2.38. The Labute approximate surface area is 172 Å². The van der Waals surface area contributed by atoms with E-state index >= 15 is 0 Å². The first-order valence-electron chi connectivity index (χ1n) is 9.19. The van der Waals surface area contributed by atoms with Crippen LogP contribution in [0.3, 0.4) is 0 Å². The molecule has 1 atom stereocenters. The number of nitrogens with one attached hydrogen (secondary N) is 2. The van der Waals surface area contributed by atoms with Gasteiger partial charge in [-0.3, -0.25) is 4.99 Å². The average molecular weight is 480 g/mol. The molecule has 2 rings (SSSR count). The third-order valence-corrected chi connectivity index (χ3v) is 4.61. The van der Waals surface area contributed by atoms with Crippen molar-refractivity contribution >= 4 is 29.9 Å². The summed E-state index contributed by atoms with van der Waals surface area (Å²) in [7, 11) is 1.67. The first-order chi connectivity index (χ1) is 12.1. The van der Waals surface area contributed by atoms with E-state index in [1.807, 2.05) is 0 Å². The van der Waals surface area contributed by atoms with E-state index in [-0.39, 0.29) is 30.5 Å². The summed E-state index contributed by atoms with van der Waals surface area (Å²) in [4.78, 5) is 6.67. The summed E-state index contributed by atoms with van der Waals surface area (Å²) in [6.45, 7) is 6.93. The van der Waals surface area contributed by atoms with Gasteiger partial charge in [0.15, 0.2) is 5.96 Å². The Morgan fingerprint density at radius 3 is 2.81 bits per heavy atom. The number of aliphatic imine (C=N–C) groups is 1. The molecule has 1 heterocycles. The molecule has 0 saturated carbocycles. The van der Waals surface area contributed by atoms with Gasteiger partial charge >= 0.3 is 0 Å². The molecule has 0 radical (unpaired) electrons. The van der Waals surface area contributed by atoms with E-state index in [1.165, 1.54) is 32.0 Å². The first-order valence-corrected chi connectivity index (χ1v) is 9.19. The van der Waals surface area contributed by atoms with Crippen LogP contribution in [0, 0.1) is 17.6 Å². The normalized spacial score (nSPS) is 18.3. The van der Waals surface area contributed by atoms with Crippen LogP contribution in [0.25, 0.3) is 0 Å². The number of piperidine rings is 1. The van der Waals surface area contributed by atoms with Crippen molar-refractivity contribution in [3.05, 3.63) is 35.4 Å². The number of likely N-dealkylation sites (tertiary alicyclic amines) is 1. The van der Waals surface area contributed by atoms with Crippen LogP contribution in [-0.4, -0.2) is 44.1 Å². The predicted octanol–water partition coefficient (Wildman–Crippen LogP) is 3.76. The fraction of sp³-hybridized carbons (Fsp3) is 0.632. The molecule has 7 heteroatoms. The van der Waals surface area contributed by atoms with Gasteiger partial charge in [-0.15, -0.1) is 24.0 Å². The summed E-state index contributed by atoms with van der Waals surface area (Å²) in [6.07, 6.45) is 4.87. The van der Waals surface area contributed by atoms with Gasteiger partial charge in [-0.05, 0) is 62.9 Å². The molecule has 4 nitrogen and oxygen atoms in total. The molecule has 0 aromatic heterocycles. The summed E-state index contributed by atoms with van der Waals surface area (Å²) in [5.41, 5.74) is 0.294. The minimum absolute atomic E-state index is 0. The number of nitrogens with zero attached hydrogens (tertiary/aromatic N) is 2. The van der Waals surface area contributed by atoms with Crippen molar-refractivity contribution in [3.63, 3.8) is 0 Å². The van der Waals surface area contributed by atoms with Crippen LogP contribution in [0.5, 0.6) is 0 Å². The summed E-state index contributed by atoms with van der Waals surface area (Å²) in [5, 5.41) is 6.25. The maximum Gasteiger partial charge on any atom is 0.191 e. The molecular formula is C19H31F2IN4. The van der Waals surface area contributed by atoms with Gasteiger partial charge < -0.3 is 15.5 Å². The monoisotopic (exact) mass is 480 g/mol. The molecule has 0 bridgehead atoms. The molecule has 1 saturated heterocycles. The van der Waals surface area contributed by atoms with Gasteiger partial charge in [0, 0.05) is 32.2 Å². The lowest BCUT2D eigenvalue weighted by molar-refractivity contribution is 0.181. The molecule has 26 heavy (non-hydrogen) atoms. The van der Waals surface area contributed by atoms with Crippen molar-refractivity contribution in [3.8, 4) is 0 Å². The number of hydrogen-bond acceptors (Lipinski definition) is 2. The highest BCUT2D eigenvalue weighted by Crippen LogP contribution is 2.15. The van der Waals surface area contributed by atoms with Gasteiger partial charge in [0.25, 0.3) is 0 Å². The molecule has 0 amide bonds. The number of benzene rings is 1. The second-order valence-electron chi connectivity index (χ2n) is 6.84. The fourth-order valence-electron chi connectivity index (χ4n) is 3.24. The van der Waals surface area contributed by atoms with Crippen LogP contribution in [0.15, 0.2) is 23.2 Å². The van der Waals surface area contributed by atoms with E-state index in [2.05, 4.69) is 27.4 Å². The van der Waals surface area contributed by atoms with E-state index in [1.54, 1.807) is 7.05 Å². The van der Waals surface area contributed by atoms with Crippen LogP contribution in [0.4, 0.5) is 8.78 Å². The molecule has 1 aromatic rings. The third-order valence-electron chi connectivity index (χ3n) is 4.61. The maximum absolute atomic E-state index is 13.6. The van der Waals surface area contributed by atoms with E-state index in [0.717, 1.165) is 44.0 Å². The summed E-state index contributed by atoms with van der Waals surface area (Å²) in [6, 6.07) is 3.47. The van der Waals surface area contributed by atoms with Gasteiger partial charge in [-0.25, -0.2) is 8.78 Å². The SMILES string of the molecule is CN=C(NCCCCN1CCCC(C)C1)NCc1cc(F)ccc1F.I. The zero-order valence-corrected chi connectivity index (χ0v) is 18.1. The Kier molecular flexibility index (Phi) is 11.0. The topological polar surface area (TPSA) is 39.7 Å². The van der Waals surface area contributed by atoms with Crippen molar-refractivity contribution in [2.45, 2.75) is 39.2 Å². The Morgan fingerprint density at radius 2 is 2.08 bits per heavy atom. The van der Waals surface area contributed by atoms with Gasteiger partial charge in [-0.2, -0.15) is 0 Å². The highest BCUT2D eigenvalue weighted by Gasteiger charge is 2.15. The maximum atomic E-state index is 13.6. The quantitative estimate of drug-likeness (QED) is 0.270. The van der Waals surface area contributed by atoms with Crippen LogP contribution in [0.2, 0.25) is 0 Å². The number of halogens is 3. The van der Waals surface area contributed by atoms with Crippen LogP contribution >= 0.6 is 24.0 Å². The first kappa shape index (κ1) is 23.1. The molecule has 1 aliphatic heterocycles. The second kappa shape index (κ2) is 12.4. The largest absolute Gasteiger partial charge is 0.356 e. The Hall–Kier alpha value is -0.960. The number of guanidine groups is 1. The molecule has 148 valence electrons. The highest BCUT2D eigenvalue weighted by atomic mass is 127. The van der Waals surface area contributed by atoms with E-state index in [4.69, 9.17) is 0 Å². The molecule has 0 spiro atoms. The number of rotatable bonds is 7. The highest BCUT2D eigenvalue weighted by molar-refractivity contribution is 14.0. The average Bonchev–Trinajstić information content (AvgIpc) is 2.60.